The molecule has 4 rings (SSSR count). The van der Waals surface area contributed by atoms with E-state index in [2.05, 4.69) is 40.7 Å². The second kappa shape index (κ2) is 7.19. The minimum Gasteiger partial charge on any atom is -0.339 e. The van der Waals surface area contributed by atoms with Crippen molar-refractivity contribution in [3.8, 4) is 0 Å². The SMILES string of the molecule is CC(C)(C)c1nc(CN2CCC[C@]3(CCC(=O)N(C4CCCC4)C3)C2)no1. The Bertz CT molecular complexity index is 674. The summed E-state index contributed by atoms with van der Waals surface area (Å²) in [6, 6.07) is 0.497. The molecule has 6 nitrogen and oxygen atoms in total. The third-order valence-corrected chi connectivity index (χ3v) is 6.68. The molecule has 6 heteroatoms. The molecule has 3 aliphatic rings. The molecule has 0 bridgehead atoms. The minimum absolute atomic E-state index is 0.111. The molecule has 1 atom stereocenters. The molecule has 1 amide bonds. The standard InChI is InChI=1S/C21H34N4O2/c1-20(2,3)19-22-17(23-27-19)13-24-12-6-10-21(14-24)11-9-18(26)25(15-21)16-7-4-5-8-16/h16H,4-15H2,1-3H3/t21-/m0/s1. The maximum atomic E-state index is 12.6. The van der Waals surface area contributed by atoms with Crippen molar-refractivity contribution in [2.24, 2.45) is 5.41 Å². The predicted molar refractivity (Wildman–Crippen MR) is 103 cm³/mol. The lowest BCUT2D eigenvalue weighted by Gasteiger charge is -2.49. The topological polar surface area (TPSA) is 62.5 Å². The van der Waals surface area contributed by atoms with Crippen LogP contribution in [0.25, 0.3) is 0 Å². The molecule has 0 aromatic carbocycles. The zero-order valence-corrected chi connectivity index (χ0v) is 17.2. The second-order valence-electron chi connectivity index (χ2n) is 10.0. The highest BCUT2D eigenvalue weighted by Gasteiger charge is 2.44. The summed E-state index contributed by atoms with van der Waals surface area (Å²) in [6.45, 7) is 10.1. The molecule has 1 spiro atoms. The summed E-state index contributed by atoms with van der Waals surface area (Å²) in [7, 11) is 0. The molecule has 1 saturated carbocycles. The van der Waals surface area contributed by atoms with Gasteiger partial charge in [-0.25, -0.2) is 0 Å². The minimum atomic E-state index is -0.111. The van der Waals surface area contributed by atoms with Crippen LogP contribution in [0.4, 0.5) is 0 Å². The van der Waals surface area contributed by atoms with Gasteiger partial charge in [0.2, 0.25) is 11.8 Å². The third kappa shape index (κ3) is 4.05. The van der Waals surface area contributed by atoms with Gasteiger partial charge in [0.15, 0.2) is 5.82 Å². The van der Waals surface area contributed by atoms with E-state index in [1.807, 2.05) is 0 Å². The van der Waals surface area contributed by atoms with Crippen molar-refractivity contribution < 1.29 is 9.32 Å². The lowest BCUT2D eigenvalue weighted by Crippen LogP contribution is -2.55. The van der Waals surface area contributed by atoms with E-state index in [1.54, 1.807) is 0 Å². The van der Waals surface area contributed by atoms with E-state index < -0.39 is 0 Å². The van der Waals surface area contributed by atoms with Gasteiger partial charge in [0.05, 0.1) is 6.54 Å². The van der Waals surface area contributed by atoms with Gasteiger partial charge in [0.25, 0.3) is 0 Å². The van der Waals surface area contributed by atoms with E-state index in [0.717, 1.165) is 44.8 Å². The molecule has 150 valence electrons. The molecule has 1 aliphatic carbocycles. The van der Waals surface area contributed by atoms with Gasteiger partial charge in [-0.1, -0.05) is 38.8 Å². The Balaban J connectivity index is 1.42. The lowest BCUT2D eigenvalue weighted by molar-refractivity contribution is -0.142. The molecule has 27 heavy (non-hydrogen) atoms. The Morgan fingerprint density at radius 3 is 2.63 bits per heavy atom. The molecule has 2 saturated heterocycles. The monoisotopic (exact) mass is 374 g/mol. The van der Waals surface area contributed by atoms with Gasteiger partial charge in [0.1, 0.15) is 0 Å². The number of piperidine rings is 2. The number of nitrogens with zero attached hydrogens (tertiary/aromatic N) is 4. The van der Waals surface area contributed by atoms with Gasteiger partial charge in [-0.15, -0.1) is 0 Å². The van der Waals surface area contributed by atoms with Gasteiger partial charge < -0.3 is 9.42 Å². The Hall–Kier alpha value is -1.43. The average Bonchev–Trinajstić information content (AvgIpc) is 3.29. The Morgan fingerprint density at radius 1 is 1.15 bits per heavy atom. The van der Waals surface area contributed by atoms with Crippen molar-refractivity contribution in [1.82, 2.24) is 19.9 Å². The highest BCUT2D eigenvalue weighted by atomic mass is 16.5. The zero-order valence-electron chi connectivity index (χ0n) is 17.2. The quantitative estimate of drug-likeness (QED) is 0.810. The number of rotatable bonds is 3. The average molecular weight is 375 g/mol. The van der Waals surface area contributed by atoms with Crippen LogP contribution in [0.15, 0.2) is 4.52 Å². The van der Waals surface area contributed by atoms with Crippen LogP contribution in [0.5, 0.6) is 0 Å². The van der Waals surface area contributed by atoms with Gasteiger partial charge in [-0.05, 0) is 38.6 Å². The summed E-state index contributed by atoms with van der Waals surface area (Å²) >= 11 is 0. The molecule has 3 fully saturated rings. The van der Waals surface area contributed by atoms with Gasteiger partial charge >= 0.3 is 0 Å². The molecule has 0 unspecified atom stereocenters. The Kier molecular flexibility index (Phi) is 5.04. The number of hydrogen-bond acceptors (Lipinski definition) is 5. The van der Waals surface area contributed by atoms with Crippen molar-refractivity contribution in [1.29, 1.82) is 0 Å². The molecule has 0 radical (unpaired) electrons. The molecule has 3 heterocycles. The first-order chi connectivity index (χ1) is 12.8. The Morgan fingerprint density at radius 2 is 1.93 bits per heavy atom. The first-order valence-electron chi connectivity index (χ1n) is 10.7. The van der Waals surface area contributed by atoms with Crippen molar-refractivity contribution >= 4 is 5.91 Å². The van der Waals surface area contributed by atoms with E-state index >= 15 is 0 Å². The largest absolute Gasteiger partial charge is 0.339 e. The molecular weight excluding hydrogens is 340 g/mol. The van der Waals surface area contributed by atoms with E-state index in [0.29, 0.717) is 17.8 Å². The van der Waals surface area contributed by atoms with Crippen LogP contribution in [0, 0.1) is 5.41 Å². The number of aromatic nitrogens is 2. The van der Waals surface area contributed by atoms with Gasteiger partial charge in [-0.3, -0.25) is 9.69 Å². The van der Waals surface area contributed by atoms with Crippen molar-refractivity contribution in [2.45, 2.75) is 90.1 Å². The number of carbonyl (C=O) groups excluding carboxylic acids is 1. The van der Waals surface area contributed by atoms with Crippen LogP contribution in [-0.2, 0) is 16.8 Å². The molecule has 0 N–H and O–H groups in total. The van der Waals surface area contributed by atoms with E-state index in [9.17, 15) is 4.79 Å². The fraction of sp³-hybridized carbons (Fsp3) is 0.857. The second-order valence-corrected chi connectivity index (χ2v) is 10.0. The summed E-state index contributed by atoms with van der Waals surface area (Å²) in [4.78, 5) is 21.9. The van der Waals surface area contributed by atoms with E-state index in [1.165, 1.54) is 38.5 Å². The first kappa shape index (κ1) is 18.9. The molecule has 1 aromatic rings. The maximum absolute atomic E-state index is 12.6. The van der Waals surface area contributed by atoms with Crippen LogP contribution < -0.4 is 0 Å². The van der Waals surface area contributed by atoms with Crippen molar-refractivity contribution in [3.63, 3.8) is 0 Å². The fourth-order valence-corrected chi connectivity index (χ4v) is 5.19. The zero-order chi connectivity index (χ0) is 19.1. The number of likely N-dealkylation sites (tertiary alicyclic amines) is 2. The summed E-state index contributed by atoms with van der Waals surface area (Å²) in [5.41, 5.74) is 0.144. The maximum Gasteiger partial charge on any atom is 0.232 e. The summed E-state index contributed by atoms with van der Waals surface area (Å²) < 4.78 is 5.47. The highest BCUT2D eigenvalue weighted by molar-refractivity contribution is 5.77. The van der Waals surface area contributed by atoms with Gasteiger partial charge in [-0.2, -0.15) is 4.98 Å². The summed E-state index contributed by atoms with van der Waals surface area (Å²) in [5, 5.41) is 4.21. The van der Waals surface area contributed by atoms with Crippen molar-refractivity contribution in [3.05, 3.63) is 11.7 Å². The van der Waals surface area contributed by atoms with E-state index in [-0.39, 0.29) is 10.8 Å². The summed E-state index contributed by atoms with van der Waals surface area (Å²) in [6.07, 6.45) is 9.14. The lowest BCUT2D eigenvalue weighted by atomic mass is 9.73. The Labute approximate surface area is 162 Å². The summed E-state index contributed by atoms with van der Waals surface area (Å²) in [5.74, 6) is 1.88. The number of hydrogen-bond donors (Lipinski definition) is 0. The van der Waals surface area contributed by atoms with Crippen molar-refractivity contribution in [2.75, 3.05) is 19.6 Å². The van der Waals surface area contributed by atoms with Crippen LogP contribution in [0.3, 0.4) is 0 Å². The third-order valence-electron chi connectivity index (χ3n) is 6.68. The number of amides is 1. The first-order valence-corrected chi connectivity index (χ1v) is 10.7. The number of carbonyl (C=O) groups is 1. The van der Waals surface area contributed by atoms with Crippen LogP contribution in [-0.4, -0.2) is 51.5 Å². The normalized spacial score (nSPS) is 28.4. The molecular formula is C21H34N4O2. The van der Waals surface area contributed by atoms with Crippen LogP contribution in [0.2, 0.25) is 0 Å². The predicted octanol–water partition coefficient (Wildman–Crippen LogP) is 3.51. The highest BCUT2D eigenvalue weighted by Crippen LogP contribution is 2.41. The van der Waals surface area contributed by atoms with Crippen LogP contribution in [0.1, 0.15) is 83.9 Å². The smallest absolute Gasteiger partial charge is 0.232 e. The van der Waals surface area contributed by atoms with Crippen LogP contribution >= 0.6 is 0 Å². The van der Waals surface area contributed by atoms with Gasteiger partial charge in [0, 0.05) is 36.4 Å². The fourth-order valence-electron chi connectivity index (χ4n) is 5.19. The molecule has 1 aromatic heterocycles. The molecule has 2 aliphatic heterocycles. The van der Waals surface area contributed by atoms with E-state index in [4.69, 9.17) is 4.52 Å².